The summed E-state index contributed by atoms with van der Waals surface area (Å²) in [5.74, 6) is 0.119. The zero-order valence-corrected chi connectivity index (χ0v) is 11.6. The molecule has 0 aliphatic rings. The highest BCUT2D eigenvalue weighted by Crippen LogP contribution is 2.12. The standard InChI is InChI=1S/C13H20N2O2.ClH/c1-10(11-6-4-3-5-7-11)9-15-13(16)12(8-14)17-2;/h3-7,10,12H,8-9,14H2,1-2H3,(H,15,16);1H. The zero-order valence-electron chi connectivity index (χ0n) is 10.8. The van der Waals surface area contributed by atoms with E-state index in [0.29, 0.717) is 6.54 Å². The van der Waals surface area contributed by atoms with Crippen LogP contribution < -0.4 is 11.1 Å². The SMILES string of the molecule is COC(CN)C(=O)NCC(C)c1ccccc1.Cl. The second kappa shape index (κ2) is 8.91. The number of halogens is 1. The monoisotopic (exact) mass is 272 g/mol. The van der Waals surface area contributed by atoms with Gasteiger partial charge in [-0.25, -0.2) is 0 Å². The Morgan fingerprint density at radius 1 is 1.39 bits per heavy atom. The van der Waals surface area contributed by atoms with Crippen molar-refractivity contribution < 1.29 is 9.53 Å². The minimum Gasteiger partial charge on any atom is -0.370 e. The minimum absolute atomic E-state index is 0. The molecule has 5 heteroatoms. The molecule has 0 saturated carbocycles. The Morgan fingerprint density at radius 3 is 2.50 bits per heavy atom. The average molecular weight is 273 g/mol. The van der Waals surface area contributed by atoms with Crippen molar-refractivity contribution in [2.45, 2.75) is 18.9 Å². The van der Waals surface area contributed by atoms with Crippen molar-refractivity contribution in [2.75, 3.05) is 20.2 Å². The molecule has 1 aromatic rings. The molecular formula is C13H21ClN2O2. The number of hydrogen-bond donors (Lipinski definition) is 2. The predicted octanol–water partition coefficient (Wildman–Crippen LogP) is 1.30. The van der Waals surface area contributed by atoms with Gasteiger partial charge in [0.1, 0.15) is 6.10 Å². The van der Waals surface area contributed by atoms with Gasteiger partial charge in [-0.15, -0.1) is 12.4 Å². The lowest BCUT2D eigenvalue weighted by molar-refractivity contribution is -0.130. The molecular weight excluding hydrogens is 252 g/mol. The van der Waals surface area contributed by atoms with Crippen LogP contribution in [0, 0.1) is 0 Å². The number of hydrogen-bond acceptors (Lipinski definition) is 3. The summed E-state index contributed by atoms with van der Waals surface area (Å²) in [7, 11) is 1.48. The van der Waals surface area contributed by atoms with Crippen molar-refractivity contribution in [2.24, 2.45) is 5.73 Å². The van der Waals surface area contributed by atoms with Crippen LogP contribution >= 0.6 is 12.4 Å². The first-order valence-electron chi connectivity index (χ1n) is 5.74. The van der Waals surface area contributed by atoms with Gasteiger partial charge in [0.25, 0.3) is 0 Å². The van der Waals surface area contributed by atoms with Gasteiger partial charge in [-0.05, 0) is 11.5 Å². The van der Waals surface area contributed by atoms with Gasteiger partial charge in [-0.2, -0.15) is 0 Å². The molecule has 2 atom stereocenters. The van der Waals surface area contributed by atoms with E-state index < -0.39 is 6.10 Å². The van der Waals surface area contributed by atoms with Crippen molar-refractivity contribution in [1.29, 1.82) is 0 Å². The van der Waals surface area contributed by atoms with Crippen LogP contribution in [0.4, 0.5) is 0 Å². The average Bonchev–Trinajstić information content (AvgIpc) is 2.38. The second-order valence-electron chi connectivity index (χ2n) is 4.02. The van der Waals surface area contributed by atoms with Gasteiger partial charge in [0.15, 0.2) is 0 Å². The van der Waals surface area contributed by atoms with Crippen molar-refractivity contribution in [1.82, 2.24) is 5.32 Å². The summed E-state index contributed by atoms with van der Waals surface area (Å²) in [5.41, 5.74) is 6.62. The summed E-state index contributed by atoms with van der Waals surface area (Å²) in [5, 5.41) is 2.84. The van der Waals surface area contributed by atoms with Gasteiger partial charge in [0, 0.05) is 20.2 Å². The van der Waals surface area contributed by atoms with Gasteiger partial charge < -0.3 is 15.8 Å². The van der Waals surface area contributed by atoms with Gasteiger partial charge in [-0.1, -0.05) is 37.3 Å². The molecule has 0 saturated heterocycles. The van der Waals surface area contributed by atoms with Crippen LogP contribution in [0.3, 0.4) is 0 Å². The molecule has 0 aliphatic heterocycles. The van der Waals surface area contributed by atoms with Crippen molar-refractivity contribution in [3.8, 4) is 0 Å². The molecule has 0 fully saturated rings. The normalized spacial score (nSPS) is 13.3. The summed E-state index contributed by atoms with van der Waals surface area (Å²) < 4.78 is 4.96. The topological polar surface area (TPSA) is 64.3 Å². The van der Waals surface area contributed by atoms with E-state index in [2.05, 4.69) is 12.2 Å². The lowest BCUT2D eigenvalue weighted by atomic mass is 10.0. The zero-order chi connectivity index (χ0) is 12.7. The maximum absolute atomic E-state index is 11.6. The van der Waals surface area contributed by atoms with E-state index in [9.17, 15) is 4.79 Å². The van der Waals surface area contributed by atoms with E-state index in [4.69, 9.17) is 10.5 Å². The third kappa shape index (κ3) is 5.04. The molecule has 0 radical (unpaired) electrons. The molecule has 0 aromatic heterocycles. The van der Waals surface area contributed by atoms with E-state index in [1.165, 1.54) is 12.7 Å². The highest BCUT2D eigenvalue weighted by molar-refractivity contribution is 5.85. The van der Waals surface area contributed by atoms with Crippen LogP contribution in [0.25, 0.3) is 0 Å². The third-order valence-electron chi connectivity index (χ3n) is 2.74. The molecule has 1 rings (SSSR count). The fourth-order valence-electron chi connectivity index (χ4n) is 1.58. The molecule has 0 spiro atoms. The number of carbonyl (C=O) groups excluding carboxylic acids is 1. The van der Waals surface area contributed by atoms with Gasteiger partial charge in [-0.3, -0.25) is 4.79 Å². The van der Waals surface area contributed by atoms with Gasteiger partial charge >= 0.3 is 0 Å². The van der Waals surface area contributed by atoms with E-state index in [1.807, 2.05) is 30.3 Å². The highest BCUT2D eigenvalue weighted by Gasteiger charge is 2.16. The van der Waals surface area contributed by atoms with E-state index in [-0.39, 0.29) is 30.8 Å². The Balaban J connectivity index is 0.00000289. The van der Waals surface area contributed by atoms with Crippen molar-refractivity contribution in [3.63, 3.8) is 0 Å². The fourth-order valence-corrected chi connectivity index (χ4v) is 1.58. The second-order valence-corrected chi connectivity index (χ2v) is 4.02. The summed E-state index contributed by atoms with van der Waals surface area (Å²) in [6, 6.07) is 10.1. The van der Waals surface area contributed by atoms with Gasteiger partial charge in [0.05, 0.1) is 0 Å². The van der Waals surface area contributed by atoms with Crippen LogP contribution in [0.5, 0.6) is 0 Å². The number of benzene rings is 1. The summed E-state index contributed by atoms with van der Waals surface area (Å²) in [6.45, 7) is 2.85. The number of nitrogens with one attached hydrogen (secondary N) is 1. The summed E-state index contributed by atoms with van der Waals surface area (Å²) in [4.78, 5) is 11.6. The van der Waals surface area contributed by atoms with Crippen molar-refractivity contribution >= 4 is 18.3 Å². The number of carbonyl (C=O) groups is 1. The van der Waals surface area contributed by atoms with Gasteiger partial charge in [0.2, 0.25) is 5.91 Å². The first-order valence-corrected chi connectivity index (χ1v) is 5.74. The number of amides is 1. The number of rotatable bonds is 6. The largest absolute Gasteiger partial charge is 0.370 e. The number of nitrogens with two attached hydrogens (primary N) is 1. The number of methoxy groups -OCH3 is 1. The molecule has 0 heterocycles. The van der Waals surface area contributed by atoms with Crippen LogP contribution in [0.2, 0.25) is 0 Å². The van der Waals surface area contributed by atoms with E-state index in [1.54, 1.807) is 0 Å². The van der Waals surface area contributed by atoms with Crippen LogP contribution in [0.1, 0.15) is 18.4 Å². The Kier molecular flexibility index (Phi) is 8.37. The van der Waals surface area contributed by atoms with Crippen LogP contribution in [-0.2, 0) is 9.53 Å². The Hall–Kier alpha value is -1.10. The Bertz CT molecular complexity index is 342. The lowest BCUT2D eigenvalue weighted by Gasteiger charge is -2.16. The molecule has 102 valence electrons. The van der Waals surface area contributed by atoms with E-state index >= 15 is 0 Å². The first kappa shape index (κ1) is 16.9. The summed E-state index contributed by atoms with van der Waals surface area (Å²) in [6.07, 6.45) is -0.557. The minimum atomic E-state index is -0.557. The quantitative estimate of drug-likeness (QED) is 0.821. The third-order valence-corrected chi connectivity index (χ3v) is 2.74. The Labute approximate surface area is 114 Å². The molecule has 1 amide bonds. The molecule has 1 aromatic carbocycles. The maximum atomic E-state index is 11.6. The molecule has 0 bridgehead atoms. The van der Waals surface area contributed by atoms with Crippen LogP contribution in [0.15, 0.2) is 30.3 Å². The fraction of sp³-hybridized carbons (Fsp3) is 0.462. The first-order chi connectivity index (χ1) is 8.19. The van der Waals surface area contributed by atoms with Crippen LogP contribution in [-0.4, -0.2) is 32.2 Å². The van der Waals surface area contributed by atoms with E-state index in [0.717, 1.165) is 0 Å². The van der Waals surface area contributed by atoms with Crippen molar-refractivity contribution in [3.05, 3.63) is 35.9 Å². The molecule has 0 aliphatic carbocycles. The Morgan fingerprint density at radius 2 is 2.00 bits per heavy atom. The lowest BCUT2D eigenvalue weighted by Crippen LogP contribution is -2.41. The number of ether oxygens (including phenoxy) is 1. The molecule has 4 nitrogen and oxygen atoms in total. The summed E-state index contributed by atoms with van der Waals surface area (Å²) >= 11 is 0. The molecule has 2 unspecified atom stereocenters. The molecule has 3 N–H and O–H groups in total. The smallest absolute Gasteiger partial charge is 0.250 e. The molecule has 18 heavy (non-hydrogen) atoms. The maximum Gasteiger partial charge on any atom is 0.250 e. The predicted molar refractivity (Wildman–Crippen MR) is 75.0 cm³/mol. The highest BCUT2D eigenvalue weighted by atomic mass is 35.5.